The predicted octanol–water partition coefficient (Wildman–Crippen LogP) is 1.42. The van der Waals surface area contributed by atoms with Crippen molar-refractivity contribution in [3.8, 4) is 0 Å². The Morgan fingerprint density at radius 1 is 1.52 bits per heavy atom. The summed E-state index contributed by atoms with van der Waals surface area (Å²) < 4.78 is 30.2. The van der Waals surface area contributed by atoms with Crippen LogP contribution >= 0.6 is 0 Å². The number of hydrogen-bond donors (Lipinski definition) is 0. The highest BCUT2D eigenvalue weighted by atomic mass is 32.2. The van der Waals surface area contributed by atoms with Crippen LogP contribution in [0.15, 0.2) is 29.0 Å². The Morgan fingerprint density at radius 2 is 2.30 bits per heavy atom. The predicted molar refractivity (Wildman–Crippen MR) is 83.8 cm³/mol. The summed E-state index contributed by atoms with van der Waals surface area (Å²) >= 11 is 0. The summed E-state index contributed by atoms with van der Waals surface area (Å²) in [6.07, 6.45) is 3.62. The van der Waals surface area contributed by atoms with Crippen LogP contribution in [0.4, 0.5) is 0 Å². The quantitative estimate of drug-likeness (QED) is 0.842. The van der Waals surface area contributed by atoms with E-state index in [-0.39, 0.29) is 23.5 Å². The van der Waals surface area contributed by atoms with Gasteiger partial charge in [-0.05, 0) is 25.5 Å². The highest BCUT2D eigenvalue weighted by Crippen LogP contribution is 2.25. The third-order valence-electron chi connectivity index (χ3n) is 4.15. The first-order chi connectivity index (χ1) is 10.9. The van der Waals surface area contributed by atoms with Crippen molar-refractivity contribution < 1.29 is 17.6 Å². The molecule has 0 spiro atoms. The van der Waals surface area contributed by atoms with Crippen LogP contribution in [-0.4, -0.2) is 47.6 Å². The van der Waals surface area contributed by atoms with E-state index in [0.29, 0.717) is 30.0 Å². The molecule has 23 heavy (non-hydrogen) atoms. The molecule has 0 radical (unpaired) electrons. The lowest BCUT2D eigenvalue weighted by Crippen LogP contribution is -2.26. The summed E-state index contributed by atoms with van der Waals surface area (Å²) in [4.78, 5) is 14.1. The van der Waals surface area contributed by atoms with Crippen molar-refractivity contribution in [3.05, 3.63) is 41.6 Å². The average Bonchev–Trinajstić information content (AvgIpc) is 3.19. The number of amides is 1. The molecule has 1 saturated heterocycles. The lowest BCUT2D eigenvalue weighted by molar-refractivity contribution is 0.0774. The third kappa shape index (κ3) is 3.17. The first-order valence-electron chi connectivity index (χ1n) is 7.40. The zero-order valence-corrected chi connectivity index (χ0v) is 13.9. The van der Waals surface area contributed by atoms with E-state index in [9.17, 15) is 13.2 Å². The first-order valence-corrected chi connectivity index (χ1v) is 9.22. The Labute approximate surface area is 134 Å². The summed E-state index contributed by atoms with van der Waals surface area (Å²) in [5, 5.41) is 4.25. The van der Waals surface area contributed by atoms with E-state index in [1.54, 1.807) is 35.9 Å². The molecule has 2 aromatic heterocycles. The van der Waals surface area contributed by atoms with Gasteiger partial charge >= 0.3 is 0 Å². The van der Waals surface area contributed by atoms with Gasteiger partial charge in [0.1, 0.15) is 5.76 Å². The zero-order valence-electron chi connectivity index (χ0n) is 13.1. The summed E-state index contributed by atoms with van der Waals surface area (Å²) in [5.41, 5.74) is 1.19. The average molecular weight is 337 g/mol. The number of sulfone groups is 1. The standard InChI is InChI=1S/C15H19N3O4S/c1-11-14(15(19)17(2)9-13-4-3-6-22-13)8-16-18(11)12-5-7-23(20,21)10-12/h3-4,6,8,12H,5,7,9-10H2,1-2H3/t12-/m0/s1. The van der Waals surface area contributed by atoms with Crippen molar-refractivity contribution >= 4 is 15.7 Å². The molecule has 0 aliphatic carbocycles. The van der Waals surface area contributed by atoms with Gasteiger partial charge in [-0.25, -0.2) is 8.42 Å². The van der Waals surface area contributed by atoms with Crippen LogP contribution in [-0.2, 0) is 16.4 Å². The van der Waals surface area contributed by atoms with Gasteiger partial charge in [0.15, 0.2) is 9.84 Å². The highest BCUT2D eigenvalue weighted by Gasteiger charge is 2.31. The van der Waals surface area contributed by atoms with E-state index in [1.165, 1.54) is 6.20 Å². The lowest BCUT2D eigenvalue weighted by Gasteiger charge is -2.16. The van der Waals surface area contributed by atoms with Crippen molar-refractivity contribution in [3.63, 3.8) is 0 Å². The van der Waals surface area contributed by atoms with Crippen molar-refractivity contribution in [1.82, 2.24) is 14.7 Å². The summed E-state index contributed by atoms with van der Waals surface area (Å²) in [6.45, 7) is 2.17. The van der Waals surface area contributed by atoms with Crippen LogP contribution in [0.2, 0.25) is 0 Å². The van der Waals surface area contributed by atoms with Crippen molar-refractivity contribution in [1.29, 1.82) is 0 Å². The third-order valence-corrected chi connectivity index (χ3v) is 5.90. The van der Waals surface area contributed by atoms with Crippen molar-refractivity contribution in [2.45, 2.75) is 25.9 Å². The van der Waals surface area contributed by atoms with E-state index in [2.05, 4.69) is 5.10 Å². The number of hydrogen-bond acceptors (Lipinski definition) is 5. The molecule has 124 valence electrons. The van der Waals surface area contributed by atoms with Crippen LogP contribution in [0.5, 0.6) is 0 Å². The van der Waals surface area contributed by atoms with E-state index in [1.807, 2.05) is 6.07 Å². The maximum absolute atomic E-state index is 12.6. The molecular weight excluding hydrogens is 318 g/mol. The molecule has 0 saturated carbocycles. The van der Waals surface area contributed by atoms with Gasteiger partial charge in [0.2, 0.25) is 0 Å². The molecule has 0 N–H and O–H groups in total. The number of rotatable bonds is 4. The maximum Gasteiger partial charge on any atom is 0.257 e. The monoisotopic (exact) mass is 337 g/mol. The normalized spacial score (nSPS) is 19.8. The topological polar surface area (TPSA) is 85.4 Å². The molecule has 1 atom stereocenters. The van der Waals surface area contributed by atoms with Gasteiger partial charge in [-0.3, -0.25) is 9.48 Å². The molecule has 8 heteroatoms. The van der Waals surface area contributed by atoms with Crippen LogP contribution in [0, 0.1) is 6.92 Å². The Balaban J connectivity index is 1.77. The second-order valence-electron chi connectivity index (χ2n) is 5.89. The number of nitrogens with zero attached hydrogens (tertiary/aromatic N) is 3. The maximum atomic E-state index is 12.6. The fourth-order valence-electron chi connectivity index (χ4n) is 2.88. The van der Waals surface area contributed by atoms with Gasteiger partial charge in [0.25, 0.3) is 5.91 Å². The van der Waals surface area contributed by atoms with Crippen LogP contribution < -0.4 is 0 Å². The molecule has 3 heterocycles. The lowest BCUT2D eigenvalue weighted by atomic mass is 10.2. The molecule has 1 fully saturated rings. The van der Waals surface area contributed by atoms with Gasteiger partial charge in [0.05, 0.1) is 42.1 Å². The molecule has 0 bridgehead atoms. The molecule has 1 aliphatic heterocycles. The minimum Gasteiger partial charge on any atom is -0.467 e. The van der Waals surface area contributed by atoms with E-state index in [4.69, 9.17) is 4.42 Å². The second-order valence-corrected chi connectivity index (χ2v) is 8.11. The molecule has 2 aromatic rings. The van der Waals surface area contributed by atoms with Crippen LogP contribution in [0.25, 0.3) is 0 Å². The largest absolute Gasteiger partial charge is 0.467 e. The van der Waals surface area contributed by atoms with E-state index < -0.39 is 9.84 Å². The van der Waals surface area contributed by atoms with Crippen LogP contribution in [0.3, 0.4) is 0 Å². The first kappa shape index (κ1) is 15.8. The Bertz CT molecular complexity index is 808. The highest BCUT2D eigenvalue weighted by molar-refractivity contribution is 7.91. The fraction of sp³-hybridized carbons (Fsp3) is 0.467. The summed E-state index contributed by atoms with van der Waals surface area (Å²) in [7, 11) is -1.29. The Kier molecular flexibility index (Phi) is 4.01. The number of furan rings is 1. The van der Waals surface area contributed by atoms with Crippen molar-refractivity contribution in [2.24, 2.45) is 0 Å². The van der Waals surface area contributed by atoms with Crippen LogP contribution in [0.1, 0.15) is 34.3 Å². The van der Waals surface area contributed by atoms with Gasteiger partial charge in [-0.1, -0.05) is 0 Å². The molecule has 7 nitrogen and oxygen atoms in total. The van der Waals surface area contributed by atoms with Gasteiger partial charge in [0, 0.05) is 12.7 Å². The summed E-state index contributed by atoms with van der Waals surface area (Å²) in [5.74, 6) is 0.808. The summed E-state index contributed by atoms with van der Waals surface area (Å²) in [6, 6.07) is 3.40. The molecule has 0 unspecified atom stereocenters. The fourth-order valence-corrected chi connectivity index (χ4v) is 4.58. The Hall–Kier alpha value is -2.09. The van der Waals surface area contributed by atoms with E-state index >= 15 is 0 Å². The molecule has 1 aliphatic rings. The van der Waals surface area contributed by atoms with E-state index in [0.717, 1.165) is 0 Å². The molecule has 0 aromatic carbocycles. The van der Waals surface area contributed by atoms with Gasteiger partial charge in [-0.2, -0.15) is 5.10 Å². The number of carbonyl (C=O) groups excluding carboxylic acids is 1. The van der Waals surface area contributed by atoms with Gasteiger partial charge in [-0.15, -0.1) is 0 Å². The zero-order chi connectivity index (χ0) is 16.6. The van der Waals surface area contributed by atoms with Crippen molar-refractivity contribution in [2.75, 3.05) is 18.6 Å². The number of aromatic nitrogens is 2. The van der Waals surface area contributed by atoms with Gasteiger partial charge < -0.3 is 9.32 Å². The second kappa shape index (κ2) is 5.84. The molecular formula is C15H19N3O4S. The SMILES string of the molecule is Cc1c(C(=O)N(C)Cc2ccco2)cnn1[C@H]1CCS(=O)(=O)C1. The minimum atomic E-state index is -2.99. The molecule has 3 rings (SSSR count). The molecule has 1 amide bonds. The Morgan fingerprint density at radius 3 is 2.91 bits per heavy atom. The minimum absolute atomic E-state index is 0.0887. The smallest absolute Gasteiger partial charge is 0.257 e. The number of carbonyl (C=O) groups is 1.